The van der Waals surface area contributed by atoms with Gasteiger partial charge in [0.05, 0.1) is 0 Å². The Labute approximate surface area is 146 Å². The summed E-state index contributed by atoms with van der Waals surface area (Å²) in [7, 11) is 0. The Kier molecular flexibility index (Phi) is 8.90. The van der Waals surface area contributed by atoms with Gasteiger partial charge in [0.1, 0.15) is 0 Å². The molecule has 1 heteroatoms. The number of hydrogen-bond donors (Lipinski definition) is 1. The van der Waals surface area contributed by atoms with E-state index in [1.807, 2.05) is 0 Å². The van der Waals surface area contributed by atoms with E-state index in [0.29, 0.717) is 17.4 Å². The van der Waals surface area contributed by atoms with Crippen molar-refractivity contribution in [2.75, 3.05) is 0 Å². The van der Waals surface area contributed by atoms with Crippen LogP contribution < -0.4 is 5.73 Å². The van der Waals surface area contributed by atoms with Gasteiger partial charge in [-0.3, -0.25) is 0 Å². The maximum absolute atomic E-state index is 6.50. The highest BCUT2D eigenvalue weighted by molar-refractivity contribution is 5.18. The summed E-state index contributed by atoms with van der Waals surface area (Å²) in [4.78, 5) is 0. The average molecular weight is 322 g/mol. The first-order valence-corrected chi connectivity index (χ1v) is 10.3. The second-order valence-electron chi connectivity index (χ2n) is 8.91. The number of unbranched alkanes of at least 4 members (excludes halogenated alkanes) is 2. The van der Waals surface area contributed by atoms with Gasteiger partial charge in [0.15, 0.2) is 0 Å². The van der Waals surface area contributed by atoms with Gasteiger partial charge < -0.3 is 5.73 Å². The van der Waals surface area contributed by atoms with Gasteiger partial charge in [0.25, 0.3) is 0 Å². The molecule has 1 rings (SSSR count). The predicted molar refractivity (Wildman–Crippen MR) is 105 cm³/mol. The van der Waals surface area contributed by atoms with Crippen LogP contribution in [0.3, 0.4) is 0 Å². The molecule has 1 aliphatic rings. The fourth-order valence-corrected chi connectivity index (χ4v) is 4.06. The van der Waals surface area contributed by atoms with Crippen LogP contribution in [0.15, 0.2) is 11.6 Å². The molecular weight excluding hydrogens is 278 g/mol. The predicted octanol–water partition coefficient (Wildman–Crippen LogP) is 6.72. The van der Waals surface area contributed by atoms with E-state index in [-0.39, 0.29) is 0 Å². The van der Waals surface area contributed by atoms with Crippen molar-refractivity contribution in [3.63, 3.8) is 0 Å². The molecule has 0 aromatic rings. The third-order valence-electron chi connectivity index (χ3n) is 6.46. The quantitative estimate of drug-likeness (QED) is 0.351. The molecule has 0 spiro atoms. The Balaban J connectivity index is 2.62. The summed E-state index contributed by atoms with van der Waals surface area (Å²) in [6.45, 7) is 14.3. The van der Waals surface area contributed by atoms with E-state index < -0.39 is 0 Å². The van der Waals surface area contributed by atoms with Gasteiger partial charge in [-0.25, -0.2) is 0 Å². The molecule has 136 valence electrons. The summed E-state index contributed by atoms with van der Waals surface area (Å²) in [5.74, 6) is 2.30. The van der Waals surface area contributed by atoms with Crippen molar-refractivity contribution in [1.29, 1.82) is 0 Å². The minimum atomic E-state index is 0.365. The molecule has 0 bridgehead atoms. The maximum Gasteiger partial charge on any atom is 0.0108 e. The molecule has 0 amide bonds. The maximum atomic E-state index is 6.50. The molecular formula is C22H43N. The zero-order chi connectivity index (χ0) is 17.5. The molecule has 0 heterocycles. The van der Waals surface area contributed by atoms with E-state index in [2.05, 4.69) is 47.6 Å². The number of allylic oxidation sites excluding steroid dienone is 1. The van der Waals surface area contributed by atoms with Crippen molar-refractivity contribution in [3.05, 3.63) is 11.6 Å². The summed E-state index contributed by atoms with van der Waals surface area (Å²) in [5, 5.41) is 0. The molecule has 4 atom stereocenters. The topological polar surface area (TPSA) is 26.0 Å². The molecule has 1 nitrogen and oxygen atoms in total. The minimum absolute atomic E-state index is 0.365. The first-order chi connectivity index (χ1) is 10.8. The molecule has 23 heavy (non-hydrogen) atoms. The van der Waals surface area contributed by atoms with Crippen LogP contribution in [0.2, 0.25) is 0 Å². The first-order valence-electron chi connectivity index (χ1n) is 10.3. The van der Waals surface area contributed by atoms with Crippen LogP contribution in [-0.2, 0) is 0 Å². The fourth-order valence-electron chi connectivity index (χ4n) is 4.06. The van der Waals surface area contributed by atoms with Gasteiger partial charge in [-0.15, -0.1) is 0 Å². The van der Waals surface area contributed by atoms with E-state index in [1.165, 1.54) is 51.4 Å². The Bertz CT molecular complexity index is 355. The molecule has 0 saturated heterocycles. The van der Waals surface area contributed by atoms with Crippen LogP contribution >= 0.6 is 0 Å². The molecule has 0 aromatic carbocycles. The summed E-state index contributed by atoms with van der Waals surface area (Å²) < 4.78 is 0. The van der Waals surface area contributed by atoms with Crippen molar-refractivity contribution in [3.8, 4) is 0 Å². The summed E-state index contributed by atoms with van der Waals surface area (Å²) >= 11 is 0. The van der Waals surface area contributed by atoms with Gasteiger partial charge in [-0.1, -0.05) is 91.7 Å². The van der Waals surface area contributed by atoms with Crippen LogP contribution in [0.25, 0.3) is 0 Å². The highest BCUT2D eigenvalue weighted by atomic mass is 14.7. The number of rotatable bonds is 10. The van der Waals surface area contributed by atoms with E-state index in [1.54, 1.807) is 5.57 Å². The van der Waals surface area contributed by atoms with Crippen molar-refractivity contribution in [1.82, 2.24) is 0 Å². The number of hydrogen-bond acceptors (Lipinski definition) is 1. The van der Waals surface area contributed by atoms with E-state index >= 15 is 0 Å². The zero-order valence-electron chi connectivity index (χ0n) is 16.8. The molecule has 1 aliphatic carbocycles. The van der Waals surface area contributed by atoms with Crippen LogP contribution in [-0.4, -0.2) is 6.04 Å². The smallest absolute Gasteiger partial charge is 0.0108 e. The molecule has 0 radical (unpaired) electrons. The van der Waals surface area contributed by atoms with Gasteiger partial charge in [-0.2, -0.15) is 0 Å². The first kappa shape index (κ1) is 20.7. The summed E-state index contributed by atoms with van der Waals surface area (Å²) in [6.07, 6.45) is 14.2. The SMILES string of the molecule is CCCCCC(C)(C)C1=CCC(N)C(C(C)CCC(C)CC)C1. The second-order valence-corrected chi connectivity index (χ2v) is 8.91. The lowest BCUT2D eigenvalue weighted by Gasteiger charge is -2.39. The standard InChI is InChI=1S/C22H43N/c1-7-9-10-15-22(5,6)19-13-14-21(23)20(16-19)18(4)12-11-17(3)8-2/h13,17-18,20-21H,7-12,14-16,23H2,1-6H3. The Morgan fingerprint density at radius 3 is 2.48 bits per heavy atom. The Hall–Kier alpha value is -0.300. The average Bonchev–Trinajstić information content (AvgIpc) is 2.52. The molecule has 0 aliphatic heterocycles. The van der Waals surface area contributed by atoms with Gasteiger partial charge in [0.2, 0.25) is 0 Å². The van der Waals surface area contributed by atoms with Crippen molar-refractivity contribution in [2.24, 2.45) is 28.9 Å². The monoisotopic (exact) mass is 321 g/mol. The Morgan fingerprint density at radius 1 is 1.17 bits per heavy atom. The fraction of sp³-hybridized carbons (Fsp3) is 0.909. The highest BCUT2D eigenvalue weighted by Gasteiger charge is 2.33. The lowest BCUT2D eigenvalue weighted by atomic mass is 9.68. The second kappa shape index (κ2) is 9.87. The molecule has 0 saturated carbocycles. The minimum Gasteiger partial charge on any atom is -0.327 e. The van der Waals surface area contributed by atoms with E-state index in [9.17, 15) is 0 Å². The lowest BCUT2D eigenvalue weighted by Crippen LogP contribution is -2.38. The molecule has 0 aromatic heterocycles. The van der Waals surface area contributed by atoms with Crippen LogP contribution in [0.5, 0.6) is 0 Å². The van der Waals surface area contributed by atoms with E-state index in [0.717, 1.165) is 18.3 Å². The third-order valence-corrected chi connectivity index (χ3v) is 6.46. The van der Waals surface area contributed by atoms with Crippen molar-refractivity contribution in [2.45, 2.75) is 105 Å². The Morgan fingerprint density at radius 2 is 1.87 bits per heavy atom. The third kappa shape index (κ3) is 6.61. The van der Waals surface area contributed by atoms with Crippen LogP contribution in [0.1, 0.15) is 99.3 Å². The van der Waals surface area contributed by atoms with Gasteiger partial charge >= 0.3 is 0 Å². The van der Waals surface area contributed by atoms with E-state index in [4.69, 9.17) is 5.73 Å². The molecule has 4 unspecified atom stereocenters. The summed E-state index contributed by atoms with van der Waals surface area (Å²) in [6, 6.07) is 0.372. The van der Waals surface area contributed by atoms with Gasteiger partial charge in [-0.05, 0) is 42.4 Å². The number of nitrogens with two attached hydrogens (primary N) is 1. The van der Waals surface area contributed by atoms with Crippen LogP contribution in [0, 0.1) is 23.2 Å². The van der Waals surface area contributed by atoms with Gasteiger partial charge in [0, 0.05) is 6.04 Å². The largest absolute Gasteiger partial charge is 0.327 e. The highest BCUT2D eigenvalue weighted by Crippen LogP contribution is 2.42. The lowest BCUT2D eigenvalue weighted by molar-refractivity contribution is 0.233. The zero-order valence-corrected chi connectivity index (χ0v) is 16.8. The summed E-state index contributed by atoms with van der Waals surface area (Å²) in [5.41, 5.74) is 8.56. The molecule has 2 N–H and O–H groups in total. The van der Waals surface area contributed by atoms with Crippen LogP contribution in [0.4, 0.5) is 0 Å². The van der Waals surface area contributed by atoms with Crippen molar-refractivity contribution < 1.29 is 0 Å². The molecule has 0 fully saturated rings. The van der Waals surface area contributed by atoms with Crippen molar-refractivity contribution >= 4 is 0 Å². The normalized spacial score (nSPS) is 25.1.